The minimum absolute atomic E-state index is 0.468. The third kappa shape index (κ3) is 4.48. The lowest BCUT2D eigenvalue weighted by Crippen LogP contribution is -2.21. The standard InChI is InChI=1S/C12H15NO2/c1-12(2,14)7-8-15-11-5-3-10(9-13)4-6-11/h3-6,14H,7-8H2,1-2H3. The number of benzene rings is 1. The summed E-state index contributed by atoms with van der Waals surface area (Å²) in [6.07, 6.45) is 0.576. The van der Waals surface area contributed by atoms with E-state index >= 15 is 0 Å². The van der Waals surface area contributed by atoms with Gasteiger partial charge in [0.25, 0.3) is 0 Å². The molecule has 0 unspecified atom stereocenters. The molecular formula is C12H15NO2. The highest BCUT2D eigenvalue weighted by atomic mass is 16.5. The van der Waals surface area contributed by atoms with E-state index in [4.69, 9.17) is 10.00 Å². The summed E-state index contributed by atoms with van der Waals surface area (Å²) in [5.41, 5.74) is -0.0862. The van der Waals surface area contributed by atoms with Crippen LogP contribution in [0.3, 0.4) is 0 Å². The molecule has 0 aromatic heterocycles. The van der Waals surface area contributed by atoms with Crippen LogP contribution in [0.25, 0.3) is 0 Å². The molecule has 1 N–H and O–H groups in total. The molecule has 0 fully saturated rings. The van der Waals surface area contributed by atoms with Gasteiger partial charge in [0.2, 0.25) is 0 Å². The molecule has 0 heterocycles. The van der Waals surface area contributed by atoms with Gasteiger partial charge in [0.15, 0.2) is 0 Å². The number of nitrogens with zero attached hydrogens (tertiary/aromatic N) is 1. The van der Waals surface area contributed by atoms with Crippen LogP contribution in [0.4, 0.5) is 0 Å². The van der Waals surface area contributed by atoms with Gasteiger partial charge in [-0.25, -0.2) is 0 Å². The molecule has 0 saturated carbocycles. The molecule has 0 saturated heterocycles. The fourth-order valence-electron chi connectivity index (χ4n) is 1.04. The number of nitriles is 1. The van der Waals surface area contributed by atoms with Crippen molar-refractivity contribution in [2.75, 3.05) is 6.61 Å². The minimum Gasteiger partial charge on any atom is -0.493 e. The van der Waals surface area contributed by atoms with Crippen molar-refractivity contribution in [3.8, 4) is 11.8 Å². The van der Waals surface area contributed by atoms with Crippen LogP contribution in [0.15, 0.2) is 24.3 Å². The van der Waals surface area contributed by atoms with Gasteiger partial charge in [-0.05, 0) is 38.1 Å². The van der Waals surface area contributed by atoms with E-state index in [-0.39, 0.29) is 0 Å². The number of rotatable bonds is 4. The lowest BCUT2D eigenvalue weighted by Gasteiger charge is -2.16. The molecule has 0 radical (unpaired) electrons. The maximum Gasteiger partial charge on any atom is 0.119 e. The zero-order valence-corrected chi connectivity index (χ0v) is 9.03. The molecule has 3 nitrogen and oxygen atoms in total. The molecule has 0 aliphatic heterocycles. The van der Waals surface area contributed by atoms with E-state index in [9.17, 15) is 5.11 Å². The normalized spacial score (nSPS) is 10.8. The Morgan fingerprint density at radius 2 is 1.93 bits per heavy atom. The van der Waals surface area contributed by atoms with E-state index in [1.807, 2.05) is 6.07 Å². The van der Waals surface area contributed by atoms with E-state index in [1.165, 1.54) is 0 Å². The third-order valence-electron chi connectivity index (χ3n) is 1.97. The fourth-order valence-corrected chi connectivity index (χ4v) is 1.04. The first-order valence-electron chi connectivity index (χ1n) is 4.86. The highest BCUT2D eigenvalue weighted by molar-refractivity contribution is 5.34. The molecule has 1 aromatic carbocycles. The SMILES string of the molecule is CC(C)(O)CCOc1ccc(C#N)cc1. The average molecular weight is 205 g/mol. The number of aliphatic hydroxyl groups is 1. The molecule has 1 aromatic rings. The molecular weight excluding hydrogens is 190 g/mol. The molecule has 3 heteroatoms. The van der Waals surface area contributed by atoms with Crippen LogP contribution in [0.1, 0.15) is 25.8 Å². The topological polar surface area (TPSA) is 53.2 Å². The van der Waals surface area contributed by atoms with Crippen molar-refractivity contribution in [1.29, 1.82) is 5.26 Å². The number of hydrogen-bond acceptors (Lipinski definition) is 3. The molecule has 15 heavy (non-hydrogen) atoms. The average Bonchev–Trinajstić information content (AvgIpc) is 2.17. The van der Waals surface area contributed by atoms with Crippen LogP contribution in [-0.2, 0) is 0 Å². The molecule has 0 spiro atoms. The van der Waals surface area contributed by atoms with Crippen molar-refractivity contribution in [1.82, 2.24) is 0 Å². The highest BCUT2D eigenvalue weighted by Crippen LogP contribution is 2.13. The van der Waals surface area contributed by atoms with E-state index < -0.39 is 5.60 Å². The summed E-state index contributed by atoms with van der Waals surface area (Å²) in [4.78, 5) is 0. The third-order valence-corrected chi connectivity index (χ3v) is 1.97. The maximum absolute atomic E-state index is 9.45. The monoisotopic (exact) mass is 205 g/mol. The zero-order valence-electron chi connectivity index (χ0n) is 9.03. The van der Waals surface area contributed by atoms with Crippen molar-refractivity contribution in [2.24, 2.45) is 0 Å². The summed E-state index contributed by atoms with van der Waals surface area (Å²) in [7, 11) is 0. The Labute approximate surface area is 89.9 Å². The second-order valence-corrected chi connectivity index (χ2v) is 4.05. The van der Waals surface area contributed by atoms with Gasteiger partial charge in [-0.3, -0.25) is 0 Å². The first-order chi connectivity index (χ1) is 7.01. The predicted molar refractivity (Wildman–Crippen MR) is 57.6 cm³/mol. The molecule has 80 valence electrons. The second kappa shape index (κ2) is 4.81. The zero-order chi connectivity index (χ0) is 11.3. The van der Waals surface area contributed by atoms with Crippen molar-refractivity contribution in [3.05, 3.63) is 29.8 Å². The highest BCUT2D eigenvalue weighted by Gasteiger charge is 2.11. The van der Waals surface area contributed by atoms with Crippen molar-refractivity contribution < 1.29 is 9.84 Å². The maximum atomic E-state index is 9.45. The summed E-state index contributed by atoms with van der Waals surface area (Å²) in [6, 6.07) is 8.96. The van der Waals surface area contributed by atoms with Crippen LogP contribution in [-0.4, -0.2) is 17.3 Å². The molecule has 0 aliphatic rings. The van der Waals surface area contributed by atoms with Crippen LogP contribution < -0.4 is 4.74 Å². The number of ether oxygens (including phenoxy) is 1. The van der Waals surface area contributed by atoms with Gasteiger partial charge >= 0.3 is 0 Å². The van der Waals surface area contributed by atoms with E-state index in [0.29, 0.717) is 18.6 Å². The largest absolute Gasteiger partial charge is 0.493 e. The van der Waals surface area contributed by atoms with Crippen molar-refractivity contribution in [2.45, 2.75) is 25.9 Å². The van der Waals surface area contributed by atoms with Crippen molar-refractivity contribution >= 4 is 0 Å². The smallest absolute Gasteiger partial charge is 0.119 e. The predicted octanol–water partition coefficient (Wildman–Crippen LogP) is 2.10. The van der Waals surface area contributed by atoms with Gasteiger partial charge in [-0.2, -0.15) is 5.26 Å². The fraction of sp³-hybridized carbons (Fsp3) is 0.417. The summed E-state index contributed by atoms with van der Waals surface area (Å²) in [5.74, 6) is 0.721. The quantitative estimate of drug-likeness (QED) is 0.818. The van der Waals surface area contributed by atoms with E-state index in [2.05, 4.69) is 0 Å². The second-order valence-electron chi connectivity index (χ2n) is 4.05. The Morgan fingerprint density at radius 3 is 2.40 bits per heavy atom. The van der Waals surface area contributed by atoms with E-state index in [0.717, 1.165) is 5.75 Å². The Balaban J connectivity index is 2.42. The first kappa shape index (κ1) is 11.5. The molecule has 0 aliphatic carbocycles. The summed E-state index contributed by atoms with van der Waals surface area (Å²) < 4.78 is 5.41. The van der Waals surface area contributed by atoms with E-state index in [1.54, 1.807) is 38.1 Å². The van der Waals surface area contributed by atoms with Crippen molar-refractivity contribution in [3.63, 3.8) is 0 Å². The Morgan fingerprint density at radius 1 is 1.33 bits per heavy atom. The molecule has 0 bridgehead atoms. The van der Waals surface area contributed by atoms with Gasteiger partial charge in [-0.15, -0.1) is 0 Å². The van der Waals surface area contributed by atoms with Gasteiger partial charge in [0.1, 0.15) is 5.75 Å². The minimum atomic E-state index is -0.702. The van der Waals surface area contributed by atoms with Gasteiger partial charge in [0, 0.05) is 6.42 Å². The van der Waals surface area contributed by atoms with Crippen LogP contribution in [0, 0.1) is 11.3 Å². The lowest BCUT2D eigenvalue weighted by molar-refractivity contribution is 0.0553. The summed E-state index contributed by atoms with van der Waals surface area (Å²) in [5, 5.41) is 18.0. The Kier molecular flexibility index (Phi) is 3.70. The Bertz CT molecular complexity index is 343. The van der Waals surface area contributed by atoms with Crippen LogP contribution in [0.5, 0.6) is 5.75 Å². The Hall–Kier alpha value is -1.53. The first-order valence-corrected chi connectivity index (χ1v) is 4.86. The number of hydrogen-bond donors (Lipinski definition) is 1. The van der Waals surface area contributed by atoms with Gasteiger partial charge < -0.3 is 9.84 Å². The molecule has 0 amide bonds. The molecule has 1 rings (SSSR count). The van der Waals surface area contributed by atoms with Gasteiger partial charge in [0.05, 0.1) is 23.8 Å². The van der Waals surface area contributed by atoms with Crippen LogP contribution >= 0.6 is 0 Å². The van der Waals surface area contributed by atoms with Crippen LogP contribution in [0.2, 0.25) is 0 Å². The summed E-state index contributed by atoms with van der Waals surface area (Å²) >= 11 is 0. The van der Waals surface area contributed by atoms with Gasteiger partial charge in [-0.1, -0.05) is 0 Å². The summed E-state index contributed by atoms with van der Waals surface area (Å²) in [6.45, 7) is 3.96. The molecule has 0 atom stereocenters. The lowest BCUT2D eigenvalue weighted by atomic mass is 10.1.